The van der Waals surface area contributed by atoms with Gasteiger partial charge in [-0.05, 0) is 0 Å². The van der Waals surface area contributed by atoms with E-state index in [4.69, 9.17) is 9.66 Å². The Hall–Kier alpha value is -0.820. The topological polar surface area (TPSA) is 171 Å². The van der Waals surface area contributed by atoms with Crippen molar-refractivity contribution in [2.75, 3.05) is 0 Å². The van der Waals surface area contributed by atoms with E-state index in [2.05, 4.69) is 8.92 Å². The van der Waals surface area contributed by atoms with Crippen LogP contribution in [0.15, 0.2) is 0 Å². The van der Waals surface area contributed by atoms with Crippen LogP contribution in [-0.2, 0) is 24.1 Å². The van der Waals surface area contributed by atoms with Crippen molar-refractivity contribution in [3.8, 4) is 0 Å². The lowest BCUT2D eigenvalue weighted by atomic mass is 9.99. The molecule has 1 saturated heterocycles. The molecule has 11 heteroatoms. The molecule has 0 bridgehead atoms. The van der Waals surface area contributed by atoms with Crippen molar-refractivity contribution >= 4 is 16.4 Å². The Kier molecular flexibility index (Phi) is 4.03. The summed E-state index contributed by atoms with van der Waals surface area (Å²) in [7, 11) is -5.02. The Bertz CT molecular complexity index is 390. The predicted molar refractivity (Wildman–Crippen MR) is 47.0 cm³/mol. The van der Waals surface area contributed by atoms with Gasteiger partial charge in [-0.3, -0.25) is 4.55 Å². The molecule has 1 unspecified atom stereocenters. The van der Waals surface area contributed by atoms with Gasteiger partial charge in [0, 0.05) is 0 Å². The van der Waals surface area contributed by atoms with Crippen molar-refractivity contribution < 1.29 is 47.1 Å². The summed E-state index contributed by atoms with van der Waals surface area (Å²) in [6, 6.07) is 0. The van der Waals surface area contributed by atoms with Gasteiger partial charge in [0.1, 0.15) is 18.3 Å². The number of carboxylic acids is 1. The summed E-state index contributed by atoms with van der Waals surface area (Å²) in [5, 5.41) is 36.3. The SMILES string of the molecule is O=C(O)[C@H]1OC(OS(=O)(=O)O)[C@H](O)[C@@H](O)[C@@H]1O. The molecule has 1 aliphatic heterocycles. The van der Waals surface area contributed by atoms with E-state index in [-0.39, 0.29) is 0 Å². The molecular formula is C6H10O10S. The van der Waals surface area contributed by atoms with Gasteiger partial charge in [0.15, 0.2) is 6.10 Å². The van der Waals surface area contributed by atoms with Crippen LogP contribution >= 0.6 is 0 Å². The van der Waals surface area contributed by atoms with E-state index < -0.39 is 47.1 Å². The van der Waals surface area contributed by atoms with E-state index in [1.54, 1.807) is 0 Å². The first kappa shape index (κ1) is 14.2. The van der Waals surface area contributed by atoms with Crippen molar-refractivity contribution in [2.24, 2.45) is 0 Å². The van der Waals surface area contributed by atoms with Crippen LogP contribution in [0.1, 0.15) is 0 Å². The summed E-state index contributed by atoms with van der Waals surface area (Å²) >= 11 is 0. The Morgan fingerprint density at radius 3 is 2.06 bits per heavy atom. The summed E-state index contributed by atoms with van der Waals surface area (Å²) in [5.74, 6) is -1.70. The highest BCUT2D eigenvalue weighted by molar-refractivity contribution is 7.80. The number of rotatable bonds is 3. The molecular weight excluding hydrogens is 264 g/mol. The summed E-state index contributed by atoms with van der Waals surface area (Å²) in [6.45, 7) is 0. The van der Waals surface area contributed by atoms with E-state index in [9.17, 15) is 28.5 Å². The average Bonchev–Trinajstić information content (AvgIpc) is 2.16. The molecule has 0 amide bonds. The zero-order valence-electron chi connectivity index (χ0n) is 8.07. The van der Waals surface area contributed by atoms with Gasteiger partial charge in [-0.2, -0.15) is 8.42 Å². The van der Waals surface area contributed by atoms with Crippen LogP contribution in [0.3, 0.4) is 0 Å². The van der Waals surface area contributed by atoms with Crippen molar-refractivity contribution in [1.29, 1.82) is 0 Å². The number of aliphatic hydroxyl groups excluding tert-OH is 3. The van der Waals surface area contributed by atoms with Gasteiger partial charge in [0.05, 0.1) is 0 Å². The van der Waals surface area contributed by atoms with E-state index in [0.717, 1.165) is 0 Å². The molecule has 0 radical (unpaired) electrons. The molecule has 1 heterocycles. The summed E-state index contributed by atoms with van der Waals surface area (Å²) in [4.78, 5) is 10.6. The molecule has 1 fully saturated rings. The van der Waals surface area contributed by atoms with Gasteiger partial charge in [0.25, 0.3) is 0 Å². The molecule has 10 nitrogen and oxygen atoms in total. The molecule has 0 saturated carbocycles. The molecule has 17 heavy (non-hydrogen) atoms. The predicted octanol–water partition coefficient (Wildman–Crippen LogP) is -3.30. The molecule has 100 valence electrons. The van der Waals surface area contributed by atoms with E-state index in [1.165, 1.54) is 0 Å². The minimum Gasteiger partial charge on any atom is -0.479 e. The average molecular weight is 274 g/mol. The molecule has 0 spiro atoms. The number of aliphatic hydroxyl groups is 3. The van der Waals surface area contributed by atoms with Gasteiger partial charge in [0.2, 0.25) is 6.29 Å². The highest BCUT2D eigenvalue weighted by atomic mass is 32.3. The first-order valence-corrected chi connectivity index (χ1v) is 5.58. The van der Waals surface area contributed by atoms with Gasteiger partial charge in [-0.25, -0.2) is 8.98 Å². The largest absolute Gasteiger partial charge is 0.479 e. The number of ether oxygens (including phenoxy) is 1. The van der Waals surface area contributed by atoms with Crippen molar-refractivity contribution in [2.45, 2.75) is 30.7 Å². The molecule has 5 atom stereocenters. The smallest absolute Gasteiger partial charge is 0.399 e. The van der Waals surface area contributed by atoms with Crippen molar-refractivity contribution in [3.05, 3.63) is 0 Å². The van der Waals surface area contributed by atoms with Crippen molar-refractivity contribution in [3.63, 3.8) is 0 Å². The second kappa shape index (κ2) is 4.81. The number of carboxylic acid groups (broad SMARTS) is 1. The lowest BCUT2D eigenvalue weighted by molar-refractivity contribution is -0.271. The van der Waals surface area contributed by atoms with Crippen LogP contribution < -0.4 is 0 Å². The van der Waals surface area contributed by atoms with Crippen LogP contribution in [0.4, 0.5) is 0 Å². The minimum absolute atomic E-state index is 1.70. The van der Waals surface area contributed by atoms with Crippen LogP contribution in [-0.4, -0.2) is 70.1 Å². The maximum Gasteiger partial charge on any atom is 0.399 e. The van der Waals surface area contributed by atoms with Crippen LogP contribution in [0, 0.1) is 0 Å². The Morgan fingerprint density at radius 1 is 1.12 bits per heavy atom. The summed E-state index contributed by atoms with van der Waals surface area (Å²) < 4.78 is 37.3. The second-order valence-corrected chi connectivity index (χ2v) is 4.31. The normalized spacial score (nSPS) is 38.9. The van der Waals surface area contributed by atoms with Crippen LogP contribution in [0.5, 0.6) is 0 Å². The molecule has 1 aliphatic rings. The van der Waals surface area contributed by atoms with E-state index in [0.29, 0.717) is 0 Å². The fourth-order valence-corrected chi connectivity index (χ4v) is 1.65. The molecule has 0 aromatic carbocycles. The molecule has 5 N–H and O–H groups in total. The molecule has 0 aliphatic carbocycles. The quantitative estimate of drug-likeness (QED) is 0.328. The minimum atomic E-state index is -5.02. The van der Waals surface area contributed by atoms with E-state index >= 15 is 0 Å². The van der Waals surface area contributed by atoms with Gasteiger partial charge in [-0.15, -0.1) is 0 Å². The maximum atomic E-state index is 10.6. The second-order valence-electron chi connectivity index (χ2n) is 3.26. The highest BCUT2D eigenvalue weighted by Gasteiger charge is 2.48. The number of hydrogen-bond acceptors (Lipinski definition) is 8. The third-order valence-electron chi connectivity index (χ3n) is 2.03. The fraction of sp³-hybridized carbons (Fsp3) is 0.833. The molecule has 0 aromatic rings. The van der Waals surface area contributed by atoms with E-state index in [1.807, 2.05) is 0 Å². The summed E-state index contributed by atoms with van der Waals surface area (Å²) in [6.07, 6.45) is -10.1. The summed E-state index contributed by atoms with van der Waals surface area (Å²) in [5.41, 5.74) is 0. The standard InChI is InChI=1S/C6H10O10S/c7-1-2(8)4(5(10)11)15-6(3(1)9)16-17(12,13)14/h1-4,6-9H,(H,10,11)(H,12,13,14)/t1-,2-,3+,4-,6?/m0/s1. The van der Waals surface area contributed by atoms with Crippen LogP contribution in [0.25, 0.3) is 0 Å². The number of hydrogen-bond donors (Lipinski definition) is 5. The van der Waals surface area contributed by atoms with Gasteiger partial charge < -0.3 is 25.2 Å². The monoisotopic (exact) mass is 274 g/mol. The molecule has 0 aromatic heterocycles. The Morgan fingerprint density at radius 2 is 1.65 bits per heavy atom. The maximum absolute atomic E-state index is 10.6. The zero-order valence-corrected chi connectivity index (χ0v) is 8.89. The lowest BCUT2D eigenvalue weighted by Crippen LogP contribution is -2.60. The van der Waals surface area contributed by atoms with Crippen molar-refractivity contribution in [1.82, 2.24) is 0 Å². The van der Waals surface area contributed by atoms with Gasteiger partial charge in [-0.1, -0.05) is 0 Å². The number of carbonyl (C=O) groups is 1. The highest BCUT2D eigenvalue weighted by Crippen LogP contribution is 2.23. The van der Waals surface area contributed by atoms with Gasteiger partial charge >= 0.3 is 16.4 Å². The lowest BCUT2D eigenvalue weighted by Gasteiger charge is -2.37. The Balaban J connectivity index is 2.89. The molecule has 1 rings (SSSR count). The third-order valence-corrected chi connectivity index (χ3v) is 2.46. The fourth-order valence-electron chi connectivity index (χ4n) is 1.25. The first-order valence-electron chi connectivity index (χ1n) is 4.21. The number of aliphatic carboxylic acids is 1. The third kappa shape index (κ3) is 3.32. The van der Waals surface area contributed by atoms with Crippen LogP contribution in [0.2, 0.25) is 0 Å². The first-order chi connectivity index (χ1) is 7.63. The zero-order chi connectivity index (χ0) is 13.4. The Labute approximate surface area is 95.0 Å².